The van der Waals surface area contributed by atoms with Crippen molar-refractivity contribution in [3.05, 3.63) is 28.2 Å². The van der Waals surface area contributed by atoms with E-state index < -0.39 is 16.1 Å². The second-order valence-electron chi connectivity index (χ2n) is 6.30. The fourth-order valence-corrected chi connectivity index (χ4v) is 4.39. The molecule has 0 radical (unpaired) electrons. The van der Waals surface area contributed by atoms with Gasteiger partial charge in [-0.3, -0.25) is 4.79 Å². The number of likely N-dealkylation sites (tertiary alicyclic amines) is 1. The van der Waals surface area contributed by atoms with Gasteiger partial charge >= 0.3 is 0 Å². The van der Waals surface area contributed by atoms with Gasteiger partial charge in [0.15, 0.2) is 0 Å². The number of sulfonamides is 1. The van der Waals surface area contributed by atoms with Gasteiger partial charge in [-0.05, 0) is 43.4 Å². The van der Waals surface area contributed by atoms with Crippen LogP contribution < -0.4 is 4.72 Å². The maximum Gasteiger partial charge on any atom is 0.241 e. The fourth-order valence-electron chi connectivity index (χ4n) is 2.66. The van der Waals surface area contributed by atoms with Gasteiger partial charge in [0.1, 0.15) is 6.04 Å². The first-order chi connectivity index (χ1) is 11.2. The van der Waals surface area contributed by atoms with Crippen LogP contribution in [0.25, 0.3) is 0 Å². The monoisotopic (exact) mass is 392 g/mol. The Labute approximate surface area is 153 Å². The molecule has 0 bridgehead atoms. The molecule has 1 N–H and O–H groups in total. The number of nitrogens with one attached hydrogen (secondary N) is 1. The average Bonchev–Trinajstić information content (AvgIpc) is 2.55. The van der Waals surface area contributed by atoms with E-state index in [9.17, 15) is 13.2 Å². The predicted octanol–water partition coefficient (Wildman–Crippen LogP) is 3.31. The molecule has 1 aromatic carbocycles. The molecule has 0 aliphatic carbocycles. The molecule has 0 unspecified atom stereocenters. The number of amides is 1. The molecule has 0 saturated carbocycles. The van der Waals surface area contributed by atoms with E-state index in [2.05, 4.69) is 4.72 Å². The Balaban J connectivity index is 2.22. The van der Waals surface area contributed by atoms with Gasteiger partial charge in [0.2, 0.25) is 15.9 Å². The molecule has 1 amide bonds. The van der Waals surface area contributed by atoms with Crippen LogP contribution >= 0.6 is 23.2 Å². The zero-order valence-corrected chi connectivity index (χ0v) is 16.1. The number of carbonyl (C=O) groups is 1. The molecule has 0 spiro atoms. The molecule has 1 fully saturated rings. The molecule has 1 saturated heterocycles. The number of nitrogens with zero attached hydrogens (tertiary/aromatic N) is 1. The molecule has 24 heavy (non-hydrogen) atoms. The number of hydrogen-bond acceptors (Lipinski definition) is 3. The Kier molecular flexibility index (Phi) is 6.53. The van der Waals surface area contributed by atoms with Crippen molar-refractivity contribution < 1.29 is 13.2 Å². The summed E-state index contributed by atoms with van der Waals surface area (Å²) in [6, 6.07) is 3.28. The lowest BCUT2D eigenvalue weighted by Gasteiger charge is -2.32. The molecule has 1 heterocycles. The molecule has 1 aromatic rings. The normalized spacial score (nSPS) is 17.1. The number of rotatable bonds is 5. The summed E-state index contributed by atoms with van der Waals surface area (Å²) in [7, 11) is -3.87. The Morgan fingerprint density at radius 2 is 1.75 bits per heavy atom. The summed E-state index contributed by atoms with van der Waals surface area (Å²) in [4.78, 5) is 14.5. The van der Waals surface area contributed by atoms with Crippen LogP contribution in [-0.2, 0) is 14.8 Å². The largest absolute Gasteiger partial charge is 0.341 e. The Bertz CT molecular complexity index is 701. The minimum atomic E-state index is -3.87. The van der Waals surface area contributed by atoms with Gasteiger partial charge in [-0.2, -0.15) is 4.72 Å². The quantitative estimate of drug-likeness (QED) is 0.835. The average molecular weight is 393 g/mol. The highest BCUT2D eigenvalue weighted by atomic mass is 35.5. The van der Waals surface area contributed by atoms with Gasteiger partial charge in [-0.25, -0.2) is 8.42 Å². The van der Waals surface area contributed by atoms with Gasteiger partial charge in [-0.15, -0.1) is 0 Å². The second kappa shape index (κ2) is 8.04. The Hall–Kier alpha value is -0.820. The first kappa shape index (κ1) is 19.5. The Morgan fingerprint density at radius 3 is 2.29 bits per heavy atom. The van der Waals surface area contributed by atoms with E-state index in [1.165, 1.54) is 18.2 Å². The summed E-state index contributed by atoms with van der Waals surface area (Å²) in [5.41, 5.74) is 0. The van der Waals surface area contributed by atoms with E-state index in [1.807, 2.05) is 13.8 Å². The zero-order valence-electron chi connectivity index (χ0n) is 13.8. The second-order valence-corrected chi connectivity index (χ2v) is 8.83. The summed E-state index contributed by atoms with van der Waals surface area (Å²) in [5, 5.41) is 0.434. The molecule has 8 heteroatoms. The van der Waals surface area contributed by atoms with Gasteiger partial charge in [0.05, 0.1) is 14.9 Å². The fraction of sp³-hybridized carbons (Fsp3) is 0.562. The standard InChI is InChI=1S/C16H22Cl2N2O3S/c1-11(2)15(16(21)20-8-4-3-5-9-20)19-24(22,23)12-6-7-13(17)14(18)10-12/h6-7,10-11,15,19H,3-5,8-9H2,1-2H3/t15-/m1/s1. The van der Waals surface area contributed by atoms with E-state index in [4.69, 9.17) is 23.2 Å². The molecule has 1 atom stereocenters. The lowest BCUT2D eigenvalue weighted by atomic mass is 10.0. The number of piperidine rings is 1. The smallest absolute Gasteiger partial charge is 0.241 e. The third-order valence-corrected chi connectivity index (χ3v) is 6.26. The first-order valence-electron chi connectivity index (χ1n) is 7.98. The van der Waals surface area contributed by atoms with Gasteiger partial charge in [-0.1, -0.05) is 37.0 Å². The van der Waals surface area contributed by atoms with Gasteiger partial charge < -0.3 is 4.90 Å². The molecule has 134 valence electrons. The molecule has 1 aliphatic heterocycles. The van der Waals surface area contributed by atoms with Crippen LogP contribution in [0.2, 0.25) is 10.0 Å². The summed E-state index contributed by atoms with van der Waals surface area (Å²) in [6.07, 6.45) is 3.01. The third kappa shape index (κ3) is 4.63. The molecular formula is C16H22Cl2N2O3S. The highest BCUT2D eigenvalue weighted by molar-refractivity contribution is 7.89. The minimum Gasteiger partial charge on any atom is -0.341 e. The highest BCUT2D eigenvalue weighted by Crippen LogP contribution is 2.25. The SMILES string of the molecule is CC(C)[C@@H](NS(=O)(=O)c1ccc(Cl)c(Cl)c1)C(=O)N1CCCCC1. The van der Waals surface area contributed by atoms with Crippen molar-refractivity contribution in [1.82, 2.24) is 9.62 Å². The zero-order chi connectivity index (χ0) is 17.9. The third-order valence-electron chi connectivity index (χ3n) is 4.08. The molecule has 5 nitrogen and oxygen atoms in total. The van der Waals surface area contributed by atoms with E-state index in [0.29, 0.717) is 13.1 Å². The maximum atomic E-state index is 12.7. The number of halogens is 2. The summed E-state index contributed by atoms with van der Waals surface area (Å²) >= 11 is 11.7. The number of carbonyl (C=O) groups excluding carboxylic acids is 1. The summed E-state index contributed by atoms with van der Waals surface area (Å²) < 4.78 is 27.8. The van der Waals surface area contributed by atoms with Crippen LogP contribution in [0.15, 0.2) is 23.1 Å². The van der Waals surface area contributed by atoms with Crippen molar-refractivity contribution >= 4 is 39.1 Å². The van der Waals surface area contributed by atoms with E-state index in [-0.39, 0.29) is 26.8 Å². The molecule has 0 aromatic heterocycles. The first-order valence-corrected chi connectivity index (χ1v) is 10.2. The van der Waals surface area contributed by atoms with Crippen LogP contribution in [0.4, 0.5) is 0 Å². The van der Waals surface area contributed by atoms with Crippen molar-refractivity contribution in [2.75, 3.05) is 13.1 Å². The topological polar surface area (TPSA) is 66.5 Å². The maximum absolute atomic E-state index is 12.7. The lowest BCUT2D eigenvalue weighted by Crippen LogP contribution is -2.52. The molecule has 2 rings (SSSR count). The van der Waals surface area contributed by atoms with Crippen LogP contribution in [0, 0.1) is 5.92 Å². The van der Waals surface area contributed by atoms with E-state index in [1.54, 1.807) is 4.90 Å². The van der Waals surface area contributed by atoms with Crippen LogP contribution in [0.5, 0.6) is 0 Å². The van der Waals surface area contributed by atoms with Gasteiger partial charge in [0.25, 0.3) is 0 Å². The minimum absolute atomic E-state index is 0.00556. The van der Waals surface area contributed by atoms with Crippen molar-refractivity contribution in [2.45, 2.75) is 44.0 Å². The van der Waals surface area contributed by atoms with Crippen LogP contribution in [-0.4, -0.2) is 38.4 Å². The summed E-state index contributed by atoms with van der Waals surface area (Å²) in [6.45, 7) is 5.00. The number of hydrogen-bond donors (Lipinski definition) is 1. The highest BCUT2D eigenvalue weighted by Gasteiger charge is 2.32. The van der Waals surface area contributed by atoms with Gasteiger partial charge in [0, 0.05) is 13.1 Å². The van der Waals surface area contributed by atoms with Crippen molar-refractivity contribution in [1.29, 1.82) is 0 Å². The van der Waals surface area contributed by atoms with Crippen LogP contribution in [0.3, 0.4) is 0 Å². The van der Waals surface area contributed by atoms with E-state index in [0.717, 1.165) is 19.3 Å². The predicted molar refractivity (Wildman–Crippen MR) is 95.8 cm³/mol. The molecule has 1 aliphatic rings. The van der Waals surface area contributed by atoms with Crippen molar-refractivity contribution in [3.8, 4) is 0 Å². The lowest BCUT2D eigenvalue weighted by molar-refractivity contribution is -0.134. The van der Waals surface area contributed by atoms with Crippen molar-refractivity contribution in [2.24, 2.45) is 5.92 Å². The number of benzene rings is 1. The van der Waals surface area contributed by atoms with E-state index >= 15 is 0 Å². The van der Waals surface area contributed by atoms with Crippen molar-refractivity contribution in [3.63, 3.8) is 0 Å². The van der Waals surface area contributed by atoms with Crippen LogP contribution in [0.1, 0.15) is 33.1 Å². The Morgan fingerprint density at radius 1 is 1.12 bits per heavy atom. The molecular weight excluding hydrogens is 371 g/mol. The summed E-state index contributed by atoms with van der Waals surface area (Å²) in [5.74, 6) is -0.342.